The Kier molecular flexibility index (Phi) is 7.12. The molecular formula is C22H26N2O3S. The Labute approximate surface area is 170 Å². The van der Waals surface area contributed by atoms with Gasteiger partial charge >= 0.3 is 0 Å². The summed E-state index contributed by atoms with van der Waals surface area (Å²) < 4.78 is 5.55. The molecule has 6 heteroatoms. The van der Waals surface area contributed by atoms with Crippen LogP contribution in [-0.2, 0) is 4.74 Å². The number of amides is 2. The van der Waals surface area contributed by atoms with Gasteiger partial charge in [-0.25, -0.2) is 0 Å². The highest BCUT2D eigenvalue weighted by atomic mass is 32.2. The molecule has 0 aliphatic carbocycles. The van der Waals surface area contributed by atoms with Crippen LogP contribution in [0.25, 0.3) is 0 Å². The SMILES string of the molecule is CC(C)Sc1ccccc1C(=O)Nc1ccccc1C(=O)NC[C@@H]1CCCO1. The Balaban J connectivity index is 1.72. The van der Waals surface area contributed by atoms with Crippen molar-refractivity contribution in [2.45, 2.75) is 42.9 Å². The molecule has 0 radical (unpaired) electrons. The Bertz CT molecular complexity index is 832. The summed E-state index contributed by atoms with van der Waals surface area (Å²) in [6.45, 7) is 5.41. The van der Waals surface area contributed by atoms with Crippen LogP contribution in [0.4, 0.5) is 5.69 Å². The van der Waals surface area contributed by atoms with Crippen LogP contribution in [0.2, 0.25) is 0 Å². The summed E-state index contributed by atoms with van der Waals surface area (Å²) >= 11 is 1.64. The lowest BCUT2D eigenvalue weighted by molar-refractivity contribution is 0.0858. The van der Waals surface area contributed by atoms with Crippen molar-refractivity contribution < 1.29 is 14.3 Å². The topological polar surface area (TPSA) is 67.4 Å². The van der Waals surface area contributed by atoms with Crippen LogP contribution in [-0.4, -0.2) is 36.3 Å². The molecule has 5 nitrogen and oxygen atoms in total. The maximum absolute atomic E-state index is 12.9. The average Bonchev–Trinajstić information content (AvgIpc) is 3.20. The normalized spacial score (nSPS) is 16.2. The van der Waals surface area contributed by atoms with Gasteiger partial charge in [-0.05, 0) is 37.1 Å². The zero-order valence-corrected chi connectivity index (χ0v) is 17.1. The third-order valence-corrected chi connectivity index (χ3v) is 5.51. The van der Waals surface area contributed by atoms with E-state index in [1.807, 2.05) is 18.2 Å². The number of anilines is 1. The highest BCUT2D eigenvalue weighted by Crippen LogP contribution is 2.27. The molecule has 1 aliphatic heterocycles. The van der Waals surface area contributed by atoms with Gasteiger partial charge in [-0.3, -0.25) is 9.59 Å². The zero-order chi connectivity index (χ0) is 19.9. The van der Waals surface area contributed by atoms with Gasteiger partial charge in [0.2, 0.25) is 0 Å². The summed E-state index contributed by atoms with van der Waals surface area (Å²) in [6, 6.07) is 14.6. The highest BCUT2D eigenvalue weighted by molar-refractivity contribution is 8.00. The molecular weight excluding hydrogens is 372 g/mol. The van der Waals surface area contributed by atoms with Crippen molar-refractivity contribution in [2.75, 3.05) is 18.5 Å². The summed E-state index contributed by atoms with van der Waals surface area (Å²) in [7, 11) is 0. The number of thioether (sulfide) groups is 1. The number of hydrogen-bond donors (Lipinski definition) is 2. The number of nitrogens with one attached hydrogen (secondary N) is 2. The molecule has 1 aliphatic rings. The summed E-state index contributed by atoms with van der Waals surface area (Å²) in [5, 5.41) is 6.18. The standard InChI is InChI=1S/C22H26N2O3S/c1-15(2)28-20-12-6-4-10-18(20)22(26)24-19-11-5-3-9-17(19)21(25)23-14-16-8-7-13-27-16/h3-6,9-12,15-16H,7-8,13-14H2,1-2H3,(H,23,25)(H,24,26)/t16-/m0/s1. The number of carbonyl (C=O) groups excluding carboxylic acids is 2. The van der Waals surface area contributed by atoms with Gasteiger partial charge in [0, 0.05) is 23.3 Å². The second-order valence-electron chi connectivity index (χ2n) is 7.01. The lowest BCUT2D eigenvalue weighted by Crippen LogP contribution is -2.32. The van der Waals surface area contributed by atoms with Crippen molar-refractivity contribution in [1.29, 1.82) is 0 Å². The van der Waals surface area contributed by atoms with Crippen molar-refractivity contribution in [1.82, 2.24) is 5.32 Å². The molecule has 148 valence electrons. The molecule has 1 heterocycles. The average molecular weight is 399 g/mol. The van der Waals surface area contributed by atoms with E-state index in [1.165, 1.54) is 0 Å². The van der Waals surface area contributed by atoms with Crippen LogP contribution in [0, 0.1) is 0 Å². The van der Waals surface area contributed by atoms with Gasteiger partial charge in [-0.2, -0.15) is 0 Å². The van der Waals surface area contributed by atoms with Crippen LogP contribution >= 0.6 is 11.8 Å². The van der Waals surface area contributed by atoms with Gasteiger partial charge in [-0.1, -0.05) is 38.1 Å². The van der Waals surface area contributed by atoms with E-state index in [2.05, 4.69) is 24.5 Å². The fraction of sp³-hybridized carbons (Fsp3) is 0.364. The molecule has 1 saturated heterocycles. The van der Waals surface area contributed by atoms with E-state index in [-0.39, 0.29) is 17.9 Å². The summed E-state index contributed by atoms with van der Waals surface area (Å²) in [6.07, 6.45) is 2.06. The van der Waals surface area contributed by atoms with Gasteiger partial charge in [0.15, 0.2) is 0 Å². The second-order valence-corrected chi connectivity index (χ2v) is 8.63. The third-order valence-electron chi connectivity index (χ3n) is 4.43. The van der Waals surface area contributed by atoms with Crippen LogP contribution < -0.4 is 10.6 Å². The van der Waals surface area contributed by atoms with Gasteiger partial charge in [-0.15, -0.1) is 11.8 Å². The molecule has 0 saturated carbocycles. The van der Waals surface area contributed by atoms with Gasteiger partial charge < -0.3 is 15.4 Å². The predicted molar refractivity (Wildman–Crippen MR) is 113 cm³/mol. The molecule has 1 atom stereocenters. The molecule has 3 rings (SSSR count). The van der Waals surface area contributed by atoms with Crippen molar-refractivity contribution >= 4 is 29.3 Å². The van der Waals surface area contributed by atoms with Crippen molar-refractivity contribution in [2.24, 2.45) is 0 Å². The monoisotopic (exact) mass is 398 g/mol. The Morgan fingerprint density at radius 1 is 1.07 bits per heavy atom. The van der Waals surface area contributed by atoms with E-state index in [1.54, 1.807) is 42.1 Å². The van der Waals surface area contributed by atoms with E-state index < -0.39 is 0 Å². The minimum atomic E-state index is -0.219. The minimum Gasteiger partial charge on any atom is -0.376 e. The van der Waals surface area contributed by atoms with Gasteiger partial charge in [0.1, 0.15) is 0 Å². The Morgan fingerprint density at radius 3 is 2.50 bits per heavy atom. The summed E-state index contributed by atoms with van der Waals surface area (Å²) in [5.41, 5.74) is 1.56. The van der Waals surface area contributed by atoms with Gasteiger partial charge in [0.25, 0.3) is 11.8 Å². The smallest absolute Gasteiger partial charge is 0.256 e. The molecule has 0 unspecified atom stereocenters. The largest absolute Gasteiger partial charge is 0.376 e. The van der Waals surface area contributed by atoms with E-state index in [4.69, 9.17) is 4.74 Å². The second kappa shape index (κ2) is 9.75. The van der Waals surface area contributed by atoms with Crippen LogP contribution in [0.3, 0.4) is 0 Å². The number of rotatable bonds is 7. The molecule has 1 fully saturated rings. The van der Waals surface area contributed by atoms with Crippen molar-refractivity contribution in [3.05, 3.63) is 59.7 Å². The molecule has 0 spiro atoms. The first-order chi connectivity index (χ1) is 13.5. The fourth-order valence-electron chi connectivity index (χ4n) is 3.10. The molecule has 2 N–H and O–H groups in total. The number of carbonyl (C=O) groups is 2. The van der Waals surface area contributed by atoms with E-state index in [9.17, 15) is 9.59 Å². The molecule has 0 aromatic heterocycles. The summed E-state index contributed by atoms with van der Waals surface area (Å²) in [5.74, 6) is -0.431. The Hall–Kier alpha value is -2.31. The fourth-order valence-corrected chi connectivity index (χ4v) is 4.05. The molecule has 28 heavy (non-hydrogen) atoms. The maximum Gasteiger partial charge on any atom is 0.256 e. The van der Waals surface area contributed by atoms with Crippen LogP contribution in [0.1, 0.15) is 47.4 Å². The first-order valence-corrected chi connectivity index (χ1v) is 10.5. The molecule has 2 aromatic rings. The van der Waals surface area contributed by atoms with Crippen LogP contribution in [0.15, 0.2) is 53.4 Å². The lowest BCUT2D eigenvalue weighted by atomic mass is 10.1. The number of benzene rings is 2. The van der Waals surface area contributed by atoms with E-state index in [0.29, 0.717) is 28.6 Å². The molecule has 2 aromatic carbocycles. The van der Waals surface area contributed by atoms with Crippen molar-refractivity contribution in [3.63, 3.8) is 0 Å². The molecule has 0 bridgehead atoms. The summed E-state index contributed by atoms with van der Waals surface area (Å²) in [4.78, 5) is 26.4. The molecule has 2 amide bonds. The first-order valence-electron chi connectivity index (χ1n) is 9.60. The Morgan fingerprint density at radius 2 is 1.79 bits per heavy atom. The predicted octanol–water partition coefficient (Wildman–Crippen LogP) is 4.35. The van der Waals surface area contributed by atoms with Crippen molar-refractivity contribution in [3.8, 4) is 0 Å². The first kappa shape index (κ1) is 20.4. The van der Waals surface area contributed by atoms with Crippen LogP contribution in [0.5, 0.6) is 0 Å². The maximum atomic E-state index is 12.9. The highest BCUT2D eigenvalue weighted by Gasteiger charge is 2.19. The third kappa shape index (κ3) is 5.36. The zero-order valence-electron chi connectivity index (χ0n) is 16.2. The van der Waals surface area contributed by atoms with Gasteiger partial charge in [0.05, 0.1) is 22.9 Å². The minimum absolute atomic E-state index is 0.0747. The number of para-hydroxylation sites is 1. The quantitative estimate of drug-likeness (QED) is 0.681. The lowest BCUT2D eigenvalue weighted by Gasteiger charge is -2.15. The number of ether oxygens (including phenoxy) is 1. The number of hydrogen-bond acceptors (Lipinski definition) is 4. The van der Waals surface area contributed by atoms with E-state index >= 15 is 0 Å². The van der Waals surface area contributed by atoms with E-state index in [0.717, 1.165) is 24.3 Å².